The van der Waals surface area contributed by atoms with E-state index >= 15 is 0 Å². The number of amides is 1. The molecule has 12 heteroatoms. The lowest BCUT2D eigenvalue weighted by atomic mass is 10.1. The third-order valence-corrected chi connectivity index (χ3v) is 5.01. The second-order valence-electron chi connectivity index (χ2n) is 7.13. The number of rotatable bonds is 10. The molecule has 0 bridgehead atoms. The lowest BCUT2D eigenvalue weighted by Gasteiger charge is -2.22. The quantitative estimate of drug-likeness (QED) is 0.404. The Bertz CT molecular complexity index is 1090. The molecular weight excluding hydrogens is 472 g/mol. The summed E-state index contributed by atoms with van der Waals surface area (Å²) < 4.78 is 55.0. The van der Waals surface area contributed by atoms with Crippen molar-refractivity contribution in [3.05, 3.63) is 45.8 Å². The molecule has 0 aliphatic heterocycles. The summed E-state index contributed by atoms with van der Waals surface area (Å²) in [6.07, 6.45) is -5.31. The van der Waals surface area contributed by atoms with Gasteiger partial charge >= 0.3 is 12.1 Å². The Morgan fingerprint density at radius 2 is 1.91 bits per heavy atom. The molecule has 2 atom stereocenters. The van der Waals surface area contributed by atoms with E-state index in [0.29, 0.717) is 10.4 Å². The third-order valence-electron chi connectivity index (χ3n) is 4.78. The first-order chi connectivity index (χ1) is 15.5. The van der Waals surface area contributed by atoms with Gasteiger partial charge in [-0.3, -0.25) is 19.2 Å². The molecule has 2 aromatic rings. The number of nitrogens with zero attached hydrogens (tertiary/aromatic N) is 1. The number of nitrogens with one attached hydrogen (secondary N) is 1. The number of alkyl halides is 4. The Hall–Kier alpha value is -2.95. The Morgan fingerprint density at radius 3 is 2.52 bits per heavy atom. The molecule has 0 aliphatic rings. The summed E-state index contributed by atoms with van der Waals surface area (Å²) >= 11 is 5.94. The zero-order valence-corrected chi connectivity index (χ0v) is 18.2. The molecule has 0 saturated heterocycles. The highest BCUT2D eigenvalue weighted by atomic mass is 35.5. The number of halogens is 5. The number of esters is 1. The number of benzene rings is 1. The summed E-state index contributed by atoms with van der Waals surface area (Å²) in [6.45, 7) is -0.901. The average molecular weight is 493 g/mol. The van der Waals surface area contributed by atoms with E-state index < -0.39 is 67.6 Å². The van der Waals surface area contributed by atoms with Gasteiger partial charge in [-0.2, -0.15) is 13.2 Å². The number of aromatic nitrogens is 1. The summed E-state index contributed by atoms with van der Waals surface area (Å²) in [7, 11) is 0. The fraction of sp³-hybridized carbons (Fsp3) is 0.429. The Kier molecular flexibility index (Phi) is 8.98. The minimum atomic E-state index is -4.55. The number of Topliss-reactive ketones (excluding diaryl/α,β-unsaturated/α-hetero) is 1. The fourth-order valence-electron chi connectivity index (χ4n) is 3.09. The lowest BCUT2D eigenvalue weighted by Crippen LogP contribution is -2.47. The highest BCUT2D eigenvalue weighted by Crippen LogP contribution is 2.20. The summed E-state index contributed by atoms with van der Waals surface area (Å²) in [5.41, 5.74) is -0.531. The Morgan fingerprint density at radius 1 is 1.21 bits per heavy atom. The summed E-state index contributed by atoms with van der Waals surface area (Å²) in [5, 5.41) is 3.35. The van der Waals surface area contributed by atoms with Crippen LogP contribution in [-0.4, -0.2) is 47.7 Å². The van der Waals surface area contributed by atoms with Crippen LogP contribution in [-0.2, 0) is 19.1 Å². The number of carbonyl (C=O) groups is 3. The first kappa shape index (κ1) is 26.3. The van der Waals surface area contributed by atoms with Crippen LogP contribution >= 0.6 is 11.6 Å². The molecule has 1 N–H and O–H groups in total. The van der Waals surface area contributed by atoms with Crippen LogP contribution in [0.15, 0.2) is 35.3 Å². The predicted molar refractivity (Wildman–Crippen MR) is 112 cm³/mol. The highest BCUT2D eigenvalue weighted by Gasteiger charge is 2.30. The van der Waals surface area contributed by atoms with Crippen molar-refractivity contribution >= 4 is 40.0 Å². The maximum absolute atomic E-state index is 13.0. The number of carbonyl (C=O) groups excluding carboxylic acids is 3. The molecule has 1 unspecified atom stereocenters. The van der Waals surface area contributed by atoms with E-state index in [-0.39, 0.29) is 11.8 Å². The van der Waals surface area contributed by atoms with Gasteiger partial charge in [-0.15, -0.1) is 0 Å². The zero-order chi connectivity index (χ0) is 24.8. The Balaban J connectivity index is 2.19. The number of pyridine rings is 1. The molecule has 0 fully saturated rings. The van der Waals surface area contributed by atoms with E-state index in [9.17, 15) is 36.7 Å². The van der Waals surface area contributed by atoms with E-state index in [2.05, 4.69) is 10.1 Å². The average Bonchev–Trinajstić information content (AvgIpc) is 2.74. The molecule has 180 valence electrons. The van der Waals surface area contributed by atoms with Crippen molar-refractivity contribution in [1.29, 1.82) is 0 Å². The summed E-state index contributed by atoms with van der Waals surface area (Å²) in [4.78, 5) is 49.4. The number of ketones is 1. The van der Waals surface area contributed by atoms with Gasteiger partial charge in [0, 0.05) is 16.6 Å². The third kappa shape index (κ3) is 7.28. The van der Waals surface area contributed by atoms with Crippen molar-refractivity contribution in [3.63, 3.8) is 0 Å². The largest absolute Gasteiger partial charge is 0.465 e. The van der Waals surface area contributed by atoms with E-state index in [1.165, 1.54) is 12.3 Å². The zero-order valence-electron chi connectivity index (χ0n) is 17.5. The van der Waals surface area contributed by atoms with Crippen molar-refractivity contribution in [3.8, 4) is 0 Å². The second kappa shape index (κ2) is 11.3. The van der Waals surface area contributed by atoms with Crippen LogP contribution in [0.1, 0.15) is 32.2 Å². The Labute approximate surface area is 190 Å². The van der Waals surface area contributed by atoms with Crippen molar-refractivity contribution in [2.45, 2.75) is 44.4 Å². The van der Waals surface area contributed by atoms with Gasteiger partial charge < -0.3 is 14.6 Å². The topological polar surface area (TPSA) is 94.5 Å². The van der Waals surface area contributed by atoms with Crippen LogP contribution in [0.3, 0.4) is 0 Å². The molecule has 0 spiro atoms. The summed E-state index contributed by atoms with van der Waals surface area (Å²) in [5.74, 6) is -3.23. The first-order valence-electron chi connectivity index (χ1n) is 9.88. The molecule has 33 heavy (non-hydrogen) atoms. The van der Waals surface area contributed by atoms with Crippen molar-refractivity contribution < 1.29 is 36.7 Å². The van der Waals surface area contributed by atoms with Crippen LogP contribution < -0.4 is 10.9 Å². The lowest BCUT2D eigenvalue weighted by molar-refractivity contribution is -0.160. The number of ether oxygens (including phenoxy) is 1. The minimum absolute atomic E-state index is 0.102. The molecular formula is C21H21ClF4N2O5. The van der Waals surface area contributed by atoms with Crippen LogP contribution in [0.5, 0.6) is 0 Å². The van der Waals surface area contributed by atoms with Crippen molar-refractivity contribution in [1.82, 2.24) is 9.88 Å². The van der Waals surface area contributed by atoms with Crippen LogP contribution in [0.4, 0.5) is 17.6 Å². The number of fused-ring (bicyclic) bond motifs is 1. The van der Waals surface area contributed by atoms with Crippen LogP contribution in [0, 0.1) is 0 Å². The normalized spacial score (nSPS) is 13.4. The number of hydrogen-bond acceptors (Lipinski definition) is 5. The number of hydrogen-bond donors (Lipinski definition) is 1. The van der Waals surface area contributed by atoms with E-state index in [4.69, 9.17) is 11.6 Å². The van der Waals surface area contributed by atoms with E-state index in [1.807, 2.05) is 0 Å². The van der Waals surface area contributed by atoms with Crippen molar-refractivity contribution in [2.24, 2.45) is 0 Å². The second-order valence-corrected chi connectivity index (χ2v) is 7.57. The maximum atomic E-state index is 13.0. The smallest absolute Gasteiger partial charge is 0.392 e. The van der Waals surface area contributed by atoms with Gasteiger partial charge in [-0.1, -0.05) is 24.6 Å². The van der Waals surface area contributed by atoms with Gasteiger partial charge in [0.05, 0.1) is 19.4 Å². The SMILES string of the molecule is CC[C@@H](C(=O)NC(CC(=O)OCCC(F)(F)F)C(=O)CF)n1ccc2ccc(Cl)cc2c1=O. The van der Waals surface area contributed by atoms with Crippen LogP contribution in [0.25, 0.3) is 10.8 Å². The predicted octanol–water partition coefficient (Wildman–Crippen LogP) is 3.52. The molecule has 7 nitrogen and oxygen atoms in total. The van der Waals surface area contributed by atoms with E-state index in [1.54, 1.807) is 25.1 Å². The van der Waals surface area contributed by atoms with E-state index in [0.717, 1.165) is 4.57 Å². The maximum Gasteiger partial charge on any atom is 0.392 e. The van der Waals surface area contributed by atoms with Gasteiger partial charge in [-0.05, 0) is 30.0 Å². The molecule has 1 amide bonds. The molecule has 0 radical (unpaired) electrons. The molecule has 1 aromatic heterocycles. The highest BCUT2D eigenvalue weighted by molar-refractivity contribution is 6.31. The molecule has 1 heterocycles. The standard InChI is InChI=1S/C21H21ClF4N2O5/c1-2-16(28-7-5-12-3-4-13(22)9-14(12)20(28)32)19(31)27-15(17(29)11-23)10-18(30)33-8-6-21(24,25)26/h3-5,7,9,15-16H,2,6,8,10-11H2,1H3,(H,27,31)/t15?,16-/m0/s1. The minimum Gasteiger partial charge on any atom is -0.465 e. The van der Waals surface area contributed by atoms with Gasteiger partial charge in [0.1, 0.15) is 18.8 Å². The fourth-order valence-corrected chi connectivity index (χ4v) is 3.26. The molecule has 2 rings (SSSR count). The molecule has 1 aromatic carbocycles. The monoisotopic (exact) mass is 492 g/mol. The van der Waals surface area contributed by atoms with Gasteiger partial charge in [0.2, 0.25) is 5.91 Å². The molecule has 0 saturated carbocycles. The van der Waals surface area contributed by atoms with Gasteiger partial charge in [0.15, 0.2) is 5.78 Å². The first-order valence-corrected chi connectivity index (χ1v) is 10.3. The van der Waals surface area contributed by atoms with Gasteiger partial charge in [-0.25, -0.2) is 4.39 Å². The molecule has 0 aliphatic carbocycles. The summed E-state index contributed by atoms with van der Waals surface area (Å²) in [6, 6.07) is 3.47. The van der Waals surface area contributed by atoms with Crippen molar-refractivity contribution in [2.75, 3.05) is 13.3 Å². The van der Waals surface area contributed by atoms with Crippen LogP contribution in [0.2, 0.25) is 5.02 Å². The van der Waals surface area contributed by atoms with Gasteiger partial charge in [0.25, 0.3) is 5.56 Å².